The summed E-state index contributed by atoms with van der Waals surface area (Å²) in [6.45, 7) is 0. The summed E-state index contributed by atoms with van der Waals surface area (Å²) in [5.74, 6) is 3.15. The van der Waals surface area contributed by atoms with E-state index < -0.39 is 0 Å². The second kappa shape index (κ2) is 5.82. The van der Waals surface area contributed by atoms with E-state index in [0.717, 1.165) is 32.1 Å². The number of nitrogens with two attached hydrogens (primary N) is 1. The number of carbonyl (C=O) groups excluding carboxylic acids is 1. The average Bonchev–Trinajstić information content (AvgIpc) is 2.18. The third-order valence-corrected chi connectivity index (χ3v) is 2.91. The Balaban J connectivity index is 2.26. The van der Waals surface area contributed by atoms with Crippen molar-refractivity contribution in [2.24, 2.45) is 11.7 Å². The maximum Gasteiger partial charge on any atom is 0.136 e. The van der Waals surface area contributed by atoms with Crippen molar-refractivity contribution in [3.63, 3.8) is 0 Å². The Labute approximate surface area is 86.2 Å². The maximum atomic E-state index is 11.7. The molecule has 0 aliphatic heterocycles. The molecule has 2 unspecified atom stereocenters. The minimum atomic E-state index is 0.219. The van der Waals surface area contributed by atoms with Crippen LogP contribution in [0.4, 0.5) is 0 Å². The van der Waals surface area contributed by atoms with Gasteiger partial charge in [0.15, 0.2) is 0 Å². The van der Waals surface area contributed by atoms with Gasteiger partial charge in [-0.3, -0.25) is 4.79 Å². The standard InChI is InChI=1S/C12H19NO/c1-2-3-4-8-12(14)10-6-5-7-11(13)9-10/h1,10-11H,3-9,13H2. The third kappa shape index (κ3) is 3.51. The first-order valence-corrected chi connectivity index (χ1v) is 5.45. The first-order valence-electron chi connectivity index (χ1n) is 5.45. The highest BCUT2D eigenvalue weighted by atomic mass is 16.1. The molecule has 2 N–H and O–H groups in total. The Morgan fingerprint density at radius 2 is 2.29 bits per heavy atom. The van der Waals surface area contributed by atoms with Gasteiger partial charge in [-0.1, -0.05) is 6.42 Å². The molecule has 1 aliphatic rings. The molecule has 1 aliphatic carbocycles. The summed E-state index contributed by atoms with van der Waals surface area (Å²) in [4.78, 5) is 11.7. The molecule has 0 amide bonds. The summed E-state index contributed by atoms with van der Waals surface area (Å²) in [6.07, 6.45) is 11.4. The lowest BCUT2D eigenvalue weighted by atomic mass is 9.82. The lowest BCUT2D eigenvalue weighted by molar-refractivity contribution is -0.124. The SMILES string of the molecule is C#CCCCC(=O)C1CCCC(N)C1. The van der Waals surface area contributed by atoms with Crippen LogP contribution < -0.4 is 5.73 Å². The normalized spacial score (nSPS) is 26.9. The van der Waals surface area contributed by atoms with Crippen LogP contribution in [0, 0.1) is 18.3 Å². The van der Waals surface area contributed by atoms with E-state index in [1.54, 1.807) is 0 Å². The molecule has 0 spiro atoms. The van der Waals surface area contributed by atoms with Gasteiger partial charge >= 0.3 is 0 Å². The number of carbonyl (C=O) groups is 1. The molecule has 1 saturated carbocycles. The number of unbranched alkanes of at least 4 members (excludes halogenated alkanes) is 1. The van der Waals surface area contributed by atoms with Crippen LogP contribution in [-0.4, -0.2) is 11.8 Å². The number of Topliss-reactive ketones (excluding diaryl/α,β-unsaturated/α-hetero) is 1. The highest BCUT2D eigenvalue weighted by Crippen LogP contribution is 2.25. The Kier molecular flexibility index (Phi) is 4.69. The van der Waals surface area contributed by atoms with Crippen molar-refractivity contribution in [1.29, 1.82) is 0 Å². The summed E-state index contributed by atoms with van der Waals surface area (Å²) < 4.78 is 0. The Bertz CT molecular complexity index is 229. The molecule has 1 fully saturated rings. The van der Waals surface area contributed by atoms with Gasteiger partial charge in [0.1, 0.15) is 5.78 Å². The van der Waals surface area contributed by atoms with E-state index in [0.29, 0.717) is 18.6 Å². The summed E-state index contributed by atoms with van der Waals surface area (Å²) >= 11 is 0. The van der Waals surface area contributed by atoms with E-state index >= 15 is 0 Å². The van der Waals surface area contributed by atoms with Gasteiger partial charge in [0.25, 0.3) is 0 Å². The van der Waals surface area contributed by atoms with Crippen LogP contribution in [0.15, 0.2) is 0 Å². The number of terminal acetylenes is 1. The molecule has 78 valence electrons. The molecule has 2 atom stereocenters. The second-order valence-corrected chi connectivity index (χ2v) is 4.15. The van der Waals surface area contributed by atoms with Gasteiger partial charge in [0.2, 0.25) is 0 Å². The molecule has 1 rings (SSSR count). The summed E-state index contributed by atoms with van der Waals surface area (Å²) in [7, 11) is 0. The minimum absolute atomic E-state index is 0.219. The van der Waals surface area contributed by atoms with Crippen LogP contribution in [0.2, 0.25) is 0 Å². The molecule has 0 bridgehead atoms. The fourth-order valence-electron chi connectivity index (χ4n) is 2.09. The number of rotatable bonds is 4. The largest absolute Gasteiger partial charge is 0.328 e. The molecule has 0 heterocycles. The van der Waals surface area contributed by atoms with E-state index in [1.807, 2.05) is 0 Å². The first kappa shape index (κ1) is 11.3. The smallest absolute Gasteiger partial charge is 0.136 e. The van der Waals surface area contributed by atoms with Gasteiger partial charge in [0.05, 0.1) is 0 Å². The van der Waals surface area contributed by atoms with Gasteiger partial charge in [-0.05, 0) is 25.7 Å². The van der Waals surface area contributed by atoms with E-state index in [9.17, 15) is 4.79 Å². The Morgan fingerprint density at radius 1 is 1.50 bits per heavy atom. The van der Waals surface area contributed by atoms with Crippen molar-refractivity contribution < 1.29 is 4.79 Å². The summed E-state index contributed by atoms with van der Waals surface area (Å²) in [6, 6.07) is 0.241. The zero-order valence-electron chi connectivity index (χ0n) is 8.67. The fourth-order valence-corrected chi connectivity index (χ4v) is 2.09. The lowest BCUT2D eigenvalue weighted by Crippen LogP contribution is -2.31. The van der Waals surface area contributed by atoms with Crippen LogP contribution in [0.1, 0.15) is 44.9 Å². The van der Waals surface area contributed by atoms with E-state index in [1.165, 1.54) is 0 Å². The van der Waals surface area contributed by atoms with Gasteiger partial charge in [0, 0.05) is 24.8 Å². The summed E-state index contributed by atoms with van der Waals surface area (Å²) in [5.41, 5.74) is 5.83. The van der Waals surface area contributed by atoms with Crippen molar-refractivity contribution in [2.75, 3.05) is 0 Å². The van der Waals surface area contributed by atoms with Crippen molar-refractivity contribution in [2.45, 2.75) is 51.0 Å². The van der Waals surface area contributed by atoms with Crippen molar-refractivity contribution in [3.05, 3.63) is 0 Å². The number of hydrogen-bond acceptors (Lipinski definition) is 2. The first-order chi connectivity index (χ1) is 6.74. The van der Waals surface area contributed by atoms with Gasteiger partial charge < -0.3 is 5.73 Å². The number of ketones is 1. The predicted molar refractivity (Wildman–Crippen MR) is 57.6 cm³/mol. The van der Waals surface area contributed by atoms with Crippen LogP contribution in [-0.2, 0) is 4.79 Å². The Morgan fingerprint density at radius 3 is 2.93 bits per heavy atom. The molecular formula is C12H19NO. The predicted octanol–water partition coefficient (Wildman–Crippen LogP) is 1.88. The average molecular weight is 193 g/mol. The van der Waals surface area contributed by atoms with Crippen molar-refractivity contribution in [3.8, 4) is 12.3 Å². The monoisotopic (exact) mass is 193 g/mol. The molecule has 0 saturated heterocycles. The van der Waals surface area contributed by atoms with Gasteiger partial charge in [-0.25, -0.2) is 0 Å². The molecule has 0 radical (unpaired) electrons. The Hall–Kier alpha value is -0.810. The quantitative estimate of drug-likeness (QED) is 0.547. The molecule has 2 heteroatoms. The van der Waals surface area contributed by atoms with Crippen LogP contribution in [0.25, 0.3) is 0 Å². The van der Waals surface area contributed by atoms with Crippen LogP contribution >= 0.6 is 0 Å². The molecular weight excluding hydrogens is 174 g/mol. The van der Waals surface area contributed by atoms with Crippen LogP contribution in [0.5, 0.6) is 0 Å². The number of hydrogen-bond donors (Lipinski definition) is 1. The molecule has 0 aromatic rings. The van der Waals surface area contributed by atoms with Gasteiger partial charge in [-0.2, -0.15) is 0 Å². The molecule has 0 aromatic carbocycles. The zero-order chi connectivity index (χ0) is 10.4. The second-order valence-electron chi connectivity index (χ2n) is 4.15. The lowest BCUT2D eigenvalue weighted by Gasteiger charge is -2.25. The third-order valence-electron chi connectivity index (χ3n) is 2.91. The van der Waals surface area contributed by atoms with Crippen LogP contribution in [0.3, 0.4) is 0 Å². The molecule has 2 nitrogen and oxygen atoms in total. The van der Waals surface area contributed by atoms with Gasteiger partial charge in [-0.15, -0.1) is 12.3 Å². The highest BCUT2D eigenvalue weighted by Gasteiger charge is 2.24. The minimum Gasteiger partial charge on any atom is -0.328 e. The highest BCUT2D eigenvalue weighted by molar-refractivity contribution is 5.81. The van der Waals surface area contributed by atoms with Crippen molar-refractivity contribution >= 4 is 5.78 Å². The summed E-state index contributed by atoms with van der Waals surface area (Å²) in [5, 5.41) is 0. The van der Waals surface area contributed by atoms with Crippen molar-refractivity contribution in [1.82, 2.24) is 0 Å². The van der Waals surface area contributed by atoms with E-state index in [2.05, 4.69) is 5.92 Å². The van der Waals surface area contributed by atoms with E-state index in [4.69, 9.17) is 12.2 Å². The maximum absolute atomic E-state index is 11.7. The topological polar surface area (TPSA) is 43.1 Å². The molecule has 0 aromatic heterocycles. The molecule has 14 heavy (non-hydrogen) atoms. The van der Waals surface area contributed by atoms with E-state index in [-0.39, 0.29) is 12.0 Å². The zero-order valence-corrected chi connectivity index (χ0v) is 8.67. The fraction of sp³-hybridized carbons (Fsp3) is 0.750.